The molecule has 0 radical (unpaired) electrons. The van der Waals surface area contributed by atoms with Crippen LogP contribution in [0.5, 0.6) is 5.75 Å². The molecule has 11 heteroatoms. The van der Waals surface area contributed by atoms with Crippen LogP contribution in [0, 0.1) is 0 Å². The highest BCUT2D eigenvalue weighted by atomic mass is 32.2. The summed E-state index contributed by atoms with van der Waals surface area (Å²) in [5.41, 5.74) is 7.21. The first-order valence-electron chi connectivity index (χ1n) is 9.46. The molecule has 0 unspecified atom stereocenters. The van der Waals surface area contributed by atoms with Crippen molar-refractivity contribution in [2.45, 2.75) is 44.3 Å². The Morgan fingerprint density at radius 3 is 2.57 bits per heavy atom. The number of hydrogen-bond acceptors (Lipinski definition) is 8. The standard InChI is InChI=1S/C19H27N5O5S/c1-11(18(26)27)21-19(28)22-15(9-10-30-2)17-23-16(24-29-17)14(20)8-5-12-3-6-13(25)7-4-12/h3-4,6-7,11,14-15,25H,5,8-10,20H2,1-2H3,(H,26,27)(H2,21,22,28)/t11-,14-,15-/m0/s1. The topological polar surface area (TPSA) is 164 Å². The van der Waals surface area contributed by atoms with Gasteiger partial charge in [0.25, 0.3) is 0 Å². The first kappa shape index (κ1) is 23.5. The number of carbonyl (C=O) groups is 2. The molecule has 3 atom stereocenters. The van der Waals surface area contributed by atoms with Gasteiger partial charge in [0, 0.05) is 0 Å². The zero-order valence-corrected chi connectivity index (χ0v) is 17.7. The quantitative estimate of drug-likeness (QED) is 0.353. The minimum Gasteiger partial charge on any atom is -0.508 e. The van der Waals surface area contributed by atoms with Crippen molar-refractivity contribution < 1.29 is 24.3 Å². The van der Waals surface area contributed by atoms with Crippen molar-refractivity contribution in [2.24, 2.45) is 5.73 Å². The molecule has 30 heavy (non-hydrogen) atoms. The molecule has 0 aliphatic rings. The first-order chi connectivity index (χ1) is 14.3. The summed E-state index contributed by atoms with van der Waals surface area (Å²) in [5, 5.41) is 27.2. The normalized spacial score (nSPS) is 14.0. The molecular weight excluding hydrogens is 410 g/mol. The van der Waals surface area contributed by atoms with E-state index < -0.39 is 30.1 Å². The third-order valence-corrected chi connectivity index (χ3v) is 5.05. The fourth-order valence-corrected chi connectivity index (χ4v) is 3.08. The SMILES string of the molecule is CSCC[C@H](NC(=O)N[C@@H](C)C(=O)O)c1nc([C@@H](N)CCc2ccc(O)cc2)no1. The minimum absolute atomic E-state index is 0.205. The molecule has 0 aliphatic heterocycles. The van der Waals surface area contributed by atoms with Gasteiger partial charge in [0.1, 0.15) is 17.8 Å². The van der Waals surface area contributed by atoms with Crippen molar-refractivity contribution in [3.63, 3.8) is 0 Å². The Balaban J connectivity index is 1.99. The van der Waals surface area contributed by atoms with Gasteiger partial charge in [-0.3, -0.25) is 4.79 Å². The Hall–Kier alpha value is -2.79. The molecule has 10 nitrogen and oxygen atoms in total. The Morgan fingerprint density at radius 2 is 1.93 bits per heavy atom. The van der Waals surface area contributed by atoms with Gasteiger partial charge in [0.15, 0.2) is 5.82 Å². The van der Waals surface area contributed by atoms with Crippen LogP contribution in [-0.4, -0.2) is 50.4 Å². The van der Waals surface area contributed by atoms with Gasteiger partial charge in [0.05, 0.1) is 6.04 Å². The highest BCUT2D eigenvalue weighted by Crippen LogP contribution is 2.21. The van der Waals surface area contributed by atoms with E-state index in [2.05, 4.69) is 20.8 Å². The van der Waals surface area contributed by atoms with Crippen LogP contribution in [0.3, 0.4) is 0 Å². The number of nitrogens with two attached hydrogens (primary N) is 1. The summed E-state index contributed by atoms with van der Waals surface area (Å²) in [6, 6.07) is 4.19. The van der Waals surface area contributed by atoms with E-state index in [4.69, 9.17) is 15.4 Å². The smallest absolute Gasteiger partial charge is 0.325 e. The lowest BCUT2D eigenvalue weighted by Gasteiger charge is -2.16. The number of carbonyl (C=O) groups excluding carboxylic acids is 1. The summed E-state index contributed by atoms with van der Waals surface area (Å²) in [7, 11) is 0. The summed E-state index contributed by atoms with van der Waals surface area (Å²) in [4.78, 5) is 27.4. The fraction of sp³-hybridized carbons (Fsp3) is 0.474. The summed E-state index contributed by atoms with van der Waals surface area (Å²) < 4.78 is 5.32. The van der Waals surface area contributed by atoms with Crippen LogP contribution in [0.4, 0.5) is 4.79 Å². The van der Waals surface area contributed by atoms with Gasteiger partial charge in [0.2, 0.25) is 5.89 Å². The van der Waals surface area contributed by atoms with Crippen molar-refractivity contribution >= 4 is 23.8 Å². The number of aryl methyl sites for hydroxylation is 1. The number of hydrogen-bond donors (Lipinski definition) is 5. The second kappa shape index (κ2) is 11.4. The maximum atomic E-state index is 12.1. The van der Waals surface area contributed by atoms with E-state index in [-0.39, 0.29) is 11.6 Å². The van der Waals surface area contributed by atoms with Gasteiger partial charge in [-0.2, -0.15) is 16.7 Å². The van der Waals surface area contributed by atoms with Crippen molar-refractivity contribution in [2.75, 3.05) is 12.0 Å². The van der Waals surface area contributed by atoms with E-state index in [0.29, 0.717) is 25.1 Å². The summed E-state index contributed by atoms with van der Waals surface area (Å²) in [6.07, 6.45) is 3.71. The maximum Gasteiger partial charge on any atom is 0.325 e. The van der Waals surface area contributed by atoms with Gasteiger partial charge >= 0.3 is 12.0 Å². The maximum absolute atomic E-state index is 12.1. The molecule has 0 saturated heterocycles. The van der Waals surface area contributed by atoms with E-state index in [0.717, 1.165) is 11.3 Å². The molecular formula is C19H27N5O5S. The molecule has 0 saturated carbocycles. The van der Waals surface area contributed by atoms with Crippen molar-refractivity contribution in [3.05, 3.63) is 41.5 Å². The predicted octanol–water partition coefficient (Wildman–Crippen LogP) is 1.97. The molecule has 2 amide bonds. The van der Waals surface area contributed by atoms with Crippen molar-refractivity contribution in [1.29, 1.82) is 0 Å². The van der Waals surface area contributed by atoms with Gasteiger partial charge in [-0.1, -0.05) is 17.3 Å². The van der Waals surface area contributed by atoms with Gasteiger partial charge < -0.3 is 31.1 Å². The largest absolute Gasteiger partial charge is 0.508 e. The molecule has 6 N–H and O–H groups in total. The van der Waals surface area contributed by atoms with Crippen molar-refractivity contribution in [1.82, 2.24) is 20.8 Å². The van der Waals surface area contributed by atoms with Crippen LogP contribution in [0.25, 0.3) is 0 Å². The van der Waals surface area contributed by atoms with Crippen LogP contribution in [0.1, 0.15) is 49.1 Å². The average Bonchev–Trinajstić information content (AvgIpc) is 3.20. The van der Waals surface area contributed by atoms with Gasteiger partial charge in [-0.15, -0.1) is 0 Å². The minimum atomic E-state index is -1.13. The lowest BCUT2D eigenvalue weighted by atomic mass is 10.1. The third kappa shape index (κ3) is 7.23. The van der Waals surface area contributed by atoms with E-state index in [1.54, 1.807) is 23.9 Å². The summed E-state index contributed by atoms with van der Waals surface area (Å²) >= 11 is 1.59. The highest BCUT2D eigenvalue weighted by molar-refractivity contribution is 7.98. The molecule has 0 spiro atoms. The van der Waals surface area contributed by atoms with Gasteiger partial charge in [-0.05, 0) is 55.9 Å². The number of phenols is 1. The van der Waals surface area contributed by atoms with Crippen LogP contribution in [0.2, 0.25) is 0 Å². The van der Waals surface area contributed by atoms with E-state index in [9.17, 15) is 14.7 Å². The lowest BCUT2D eigenvalue weighted by molar-refractivity contribution is -0.138. The lowest BCUT2D eigenvalue weighted by Crippen LogP contribution is -2.45. The number of nitrogens with one attached hydrogen (secondary N) is 2. The van der Waals surface area contributed by atoms with E-state index in [1.165, 1.54) is 6.92 Å². The first-order valence-corrected chi connectivity index (χ1v) is 10.8. The van der Waals surface area contributed by atoms with E-state index in [1.807, 2.05) is 18.4 Å². The molecule has 2 rings (SSSR count). The number of thioether (sulfide) groups is 1. The fourth-order valence-electron chi connectivity index (χ4n) is 2.60. The predicted molar refractivity (Wildman–Crippen MR) is 112 cm³/mol. The van der Waals surface area contributed by atoms with Crippen LogP contribution >= 0.6 is 11.8 Å². The molecule has 1 heterocycles. The number of carboxylic acid groups (broad SMARTS) is 1. The number of aromatic nitrogens is 2. The van der Waals surface area contributed by atoms with Crippen LogP contribution in [-0.2, 0) is 11.2 Å². The Labute approximate surface area is 178 Å². The van der Waals surface area contributed by atoms with E-state index >= 15 is 0 Å². The number of aromatic hydroxyl groups is 1. The number of benzene rings is 1. The number of rotatable bonds is 11. The number of urea groups is 1. The monoisotopic (exact) mass is 437 g/mol. The highest BCUT2D eigenvalue weighted by Gasteiger charge is 2.24. The molecule has 0 aliphatic carbocycles. The Bertz CT molecular complexity index is 829. The molecule has 164 valence electrons. The number of aliphatic carboxylic acids is 1. The zero-order chi connectivity index (χ0) is 22.1. The molecule has 1 aromatic heterocycles. The number of amides is 2. The van der Waals surface area contributed by atoms with Crippen LogP contribution < -0.4 is 16.4 Å². The second-order valence-electron chi connectivity index (χ2n) is 6.81. The van der Waals surface area contributed by atoms with Crippen molar-refractivity contribution in [3.8, 4) is 5.75 Å². The summed E-state index contributed by atoms with van der Waals surface area (Å²) in [5.74, 6) is 0.350. The Kier molecular flexibility index (Phi) is 8.93. The van der Waals surface area contributed by atoms with Gasteiger partial charge in [-0.25, -0.2) is 4.79 Å². The summed E-state index contributed by atoms with van der Waals surface area (Å²) in [6.45, 7) is 1.37. The molecule has 0 fully saturated rings. The zero-order valence-electron chi connectivity index (χ0n) is 16.9. The number of carboxylic acids is 1. The third-order valence-electron chi connectivity index (χ3n) is 4.40. The number of nitrogens with zero attached hydrogens (tertiary/aromatic N) is 2. The second-order valence-corrected chi connectivity index (χ2v) is 7.80. The average molecular weight is 438 g/mol. The molecule has 1 aromatic carbocycles. The molecule has 0 bridgehead atoms. The number of phenolic OH excluding ortho intramolecular Hbond substituents is 1. The molecule has 2 aromatic rings. The van der Waals surface area contributed by atoms with Crippen LogP contribution in [0.15, 0.2) is 28.8 Å². The Morgan fingerprint density at radius 1 is 1.23 bits per heavy atom.